The first-order chi connectivity index (χ1) is 11.4. The minimum atomic E-state index is -0.869. The number of para-hydroxylation sites is 1. The number of ether oxygens (including phenoxy) is 1. The summed E-state index contributed by atoms with van der Waals surface area (Å²) in [6.45, 7) is 12.6. The molecule has 1 aromatic carbocycles. The van der Waals surface area contributed by atoms with Gasteiger partial charge >= 0.3 is 0 Å². The Morgan fingerprint density at radius 1 is 1.21 bits per heavy atom. The van der Waals surface area contributed by atoms with Gasteiger partial charge in [0, 0.05) is 40.0 Å². The Kier molecular flexibility index (Phi) is 8.82. The second-order valence-electron chi connectivity index (χ2n) is 6.32. The summed E-state index contributed by atoms with van der Waals surface area (Å²) < 4.78 is 17.5. The molecule has 136 valence electrons. The fourth-order valence-electron chi connectivity index (χ4n) is 2.01. The first-order valence-corrected chi connectivity index (χ1v) is 9.81. The first-order valence-electron chi connectivity index (χ1n) is 8.49. The minimum absolute atomic E-state index is 0.187. The molecule has 0 saturated heterocycles. The van der Waals surface area contributed by atoms with Gasteiger partial charge in [0.25, 0.3) is 0 Å². The van der Waals surface area contributed by atoms with Gasteiger partial charge in [-0.15, -0.1) is 0 Å². The van der Waals surface area contributed by atoms with E-state index in [1.165, 1.54) is 0 Å². The highest BCUT2D eigenvalue weighted by Crippen LogP contribution is 2.18. The Morgan fingerprint density at radius 2 is 1.92 bits per heavy atom. The van der Waals surface area contributed by atoms with Crippen molar-refractivity contribution in [2.75, 3.05) is 25.4 Å². The lowest BCUT2D eigenvalue weighted by Crippen LogP contribution is -2.40. The summed E-state index contributed by atoms with van der Waals surface area (Å²) >= 11 is 0. The Hall–Kier alpha value is -1.56. The molecule has 2 N–H and O–H groups in total. The van der Waals surface area contributed by atoms with Crippen LogP contribution in [0.2, 0.25) is 0 Å². The van der Waals surface area contributed by atoms with Crippen molar-refractivity contribution in [3.8, 4) is 5.75 Å². The number of nitrogens with zero attached hydrogens (tertiary/aromatic N) is 1. The van der Waals surface area contributed by atoms with Gasteiger partial charge in [0.2, 0.25) is 0 Å². The molecule has 0 fully saturated rings. The number of hydrogen-bond donors (Lipinski definition) is 2. The summed E-state index contributed by atoms with van der Waals surface area (Å²) in [5, 5.41) is 6.47. The van der Waals surface area contributed by atoms with Crippen molar-refractivity contribution in [3.63, 3.8) is 0 Å². The van der Waals surface area contributed by atoms with Crippen molar-refractivity contribution in [2.24, 2.45) is 4.99 Å². The smallest absolute Gasteiger partial charge is 0.191 e. The highest BCUT2D eigenvalue weighted by molar-refractivity contribution is 7.86. The Bertz CT molecular complexity index is 553. The van der Waals surface area contributed by atoms with Crippen LogP contribution in [0.5, 0.6) is 5.75 Å². The Morgan fingerprint density at radius 3 is 2.54 bits per heavy atom. The molecule has 0 heterocycles. The van der Waals surface area contributed by atoms with Gasteiger partial charge in [-0.2, -0.15) is 0 Å². The maximum atomic E-state index is 12.1. The lowest BCUT2D eigenvalue weighted by Gasteiger charge is -2.18. The number of aliphatic imine (C=N–C) groups is 1. The Labute approximate surface area is 148 Å². The highest BCUT2D eigenvalue weighted by Gasteiger charge is 2.18. The predicted octanol–water partition coefficient (Wildman–Crippen LogP) is 2.69. The third kappa shape index (κ3) is 7.34. The van der Waals surface area contributed by atoms with Crippen LogP contribution in [-0.2, 0) is 17.3 Å². The molecule has 1 unspecified atom stereocenters. The normalized spacial score (nSPS) is 13.5. The summed E-state index contributed by atoms with van der Waals surface area (Å²) in [6.07, 6.45) is 0. The molecule has 0 aliphatic carbocycles. The summed E-state index contributed by atoms with van der Waals surface area (Å²) in [4.78, 5) is 4.60. The average Bonchev–Trinajstić information content (AvgIpc) is 2.53. The molecule has 0 saturated carbocycles. The molecule has 5 nitrogen and oxygen atoms in total. The van der Waals surface area contributed by atoms with Gasteiger partial charge in [-0.25, -0.2) is 4.99 Å². The lowest BCUT2D eigenvalue weighted by atomic mass is 10.2. The van der Waals surface area contributed by atoms with E-state index >= 15 is 0 Å². The predicted molar refractivity (Wildman–Crippen MR) is 103 cm³/mol. The van der Waals surface area contributed by atoms with E-state index in [1.807, 2.05) is 58.9 Å². The molecule has 6 heteroatoms. The molecule has 0 aliphatic heterocycles. The van der Waals surface area contributed by atoms with E-state index < -0.39 is 10.8 Å². The molecule has 0 amide bonds. The van der Waals surface area contributed by atoms with E-state index in [1.54, 1.807) is 0 Å². The molecule has 24 heavy (non-hydrogen) atoms. The molecule has 0 bridgehead atoms. The zero-order valence-electron chi connectivity index (χ0n) is 15.5. The summed E-state index contributed by atoms with van der Waals surface area (Å²) in [7, 11) is -0.869. The van der Waals surface area contributed by atoms with Crippen molar-refractivity contribution >= 4 is 16.8 Å². The molecule has 0 radical (unpaired) electrons. The van der Waals surface area contributed by atoms with Crippen LogP contribution in [0.15, 0.2) is 29.3 Å². The molecule has 1 aromatic rings. The van der Waals surface area contributed by atoms with Gasteiger partial charge in [-0.1, -0.05) is 18.2 Å². The van der Waals surface area contributed by atoms with Crippen LogP contribution in [0, 0.1) is 0 Å². The maximum absolute atomic E-state index is 12.1. The quantitative estimate of drug-likeness (QED) is 0.557. The largest absolute Gasteiger partial charge is 0.494 e. The number of guanidine groups is 1. The molecule has 1 atom stereocenters. The van der Waals surface area contributed by atoms with Crippen molar-refractivity contribution in [3.05, 3.63) is 29.8 Å². The van der Waals surface area contributed by atoms with Gasteiger partial charge in [0.1, 0.15) is 5.75 Å². The van der Waals surface area contributed by atoms with Crippen LogP contribution in [0.1, 0.15) is 40.2 Å². The van der Waals surface area contributed by atoms with E-state index in [4.69, 9.17) is 4.74 Å². The molecule has 1 rings (SSSR count). The topological polar surface area (TPSA) is 62.7 Å². The van der Waals surface area contributed by atoms with E-state index in [-0.39, 0.29) is 4.75 Å². The van der Waals surface area contributed by atoms with E-state index in [9.17, 15) is 4.21 Å². The number of hydrogen-bond acceptors (Lipinski definition) is 3. The summed E-state index contributed by atoms with van der Waals surface area (Å²) in [6, 6.07) is 7.93. The molecule has 0 spiro atoms. The zero-order chi connectivity index (χ0) is 18.0. The van der Waals surface area contributed by atoms with Crippen LogP contribution in [-0.4, -0.2) is 40.4 Å². The maximum Gasteiger partial charge on any atom is 0.191 e. The minimum Gasteiger partial charge on any atom is -0.494 e. The fourth-order valence-corrected chi connectivity index (χ4v) is 2.90. The number of rotatable bonds is 8. The average molecular weight is 354 g/mol. The molecular weight excluding hydrogens is 322 g/mol. The van der Waals surface area contributed by atoms with Gasteiger partial charge < -0.3 is 15.4 Å². The van der Waals surface area contributed by atoms with Gasteiger partial charge in [0.05, 0.1) is 13.2 Å². The summed E-state index contributed by atoms with van der Waals surface area (Å²) in [5.74, 6) is 2.20. The number of nitrogens with one attached hydrogen (secondary N) is 2. The standard InChI is InChI=1S/C18H31N3O2S/c1-6-19-17(20-12-13-24(22)18(3,4)5)21-14-15-10-8-9-11-16(15)23-7-2/h8-11H,6-7,12-14H2,1-5H3,(H2,19,20,21). The van der Waals surface area contributed by atoms with E-state index in [0.717, 1.165) is 23.8 Å². The van der Waals surface area contributed by atoms with Crippen LogP contribution >= 0.6 is 0 Å². The number of benzene rings is 1. The summed E-state index contributed by atoms with van der Waals surface area (Å²) in [5.41, 5.74) is 1.05. The third-order valence-corrected chi connectivity index (χ3v) is 5.23. The van der Waals surface area contributed by atoms with Gasteiger partial charge in [-0.3, -0.25) is 4.21 Å². The van der Waals surface area contributed by atoms with Crippen molar-refractivity contribution in [1.82, 2.24) is 10.6 Å². The van der Waals surface area contributed by atoms with Gasteiger partial charge in [0.15, 0.2) is 5.96 Å². The first kappa shape index (κ1) is 20.5. The second-order valence-corrected chi connectivity index (χ2v) is 8.65. The highest BCUT2D eigenvalue weighted by atomic mass is 32.2. The fraction of sp³-hybridized carbons (Fsp3) is 0.611. The van der Waals surface area contributed by atoms with Crippen LogP contribution in [0.4, 0.5) is 0 Å². The van der Waals surface area contributed by atoms with Crippen LogP contribution < -0.4 is 15.4 Å². The van der Waals surface area contributed by atoms with Crippen LogP contribution in [0.25, 0.3) is 0 Å². The molecular formula is C18H31N3O2S. The molecule has 0 aliphatic rings. The Balaban J connectivity index is 2.64. The monoisotopic (exact) mass is 353 g/mol. The lowest BCUT2D eigenvalue weighted by molar-refractivity contribution is 0.336. The van der Waals surface area contributed by atoms with E-state index in [2.05, 4.69) is 15.6 Å². The van der Waals surface area contributed by atoms with Crippen molar-refractivity contribution in [2.45, 2.75) is 45.9 Å². The third-order valence-electron chi connectivity index (χ3n) is 3.29. The zero-order valence-corrected chi connectivity index (χ0v) is 16.3. The molecule has 0 aromatic heterocycles. The van der Waals surface area contributed by atoms with Gasteiger partial charge in [-0.05, 0) is 40.7 Å². The van der Waals surface area contributed by atoms with E-state index in [0.29, 0.717) is 25.4 Å². The second kappa shape index (κ2) is 10.3. The van der Waals surface area contributed by atoms with Crippen LogP contribution in [0.3, 0.4) is 0 Å². The van der Waals surface area contributed by atoms with Crippen molar-refractivity contribution in [1.29, 1.82) is 0 Å². The SMILES string of the molecule is CCNC(=NCc1ccccc1OCC)NCCS(=O)C(C)(C)C. The van der Waals surface area contributed by atoms with Crippen molar-refractivity contribution < 1.29 is 8.95 Å².